The molecule has 0 spiro atoms. The maximum absolute atomic E-state index is 3.70. The Morgan fingerprint density at radius 1 is 1.47 bits per heavy atom. The van der Waals surface area contributed by atoms with Crippen LogP contribution in [0.25, 0.3) is 0 Å². The van der Waals surface area contributed by atoms with Gasteiger partial charge in [0.15, 0.2) is 0 Å². The zero-order valence-electron chi connectivity index (χ0n) is 10.2. The number of piperazine rings is 1. The molecule has 88 valence electrons. The number of thioether (sulfide) groups is 1. The number of rotatable bonds is 4. The van der Waals surface area contributed by atoms with Gasteiger partial charge in [-0.05, 0) is 31.9 Å². The van der Waals surface area contributed by atoms with Gasteiger partial charge < -0.3 is 5.32 Å². The fourth-order valence-corrected chi connectivity index (χ4v) is 2.76. The molecule has 0 radical (unpaired) electrons. The first kappa shape index (κ1) is 11.7. The monoisotopic (exact) mass is 228 g/mol. The van der Waals surface area contributed by atoms with E-state index in [0.29, 0.717) is 0 Å². The zero-order valence-corrected chi connectivity index (χ0v) is 11.0. The molecular weight excluding hydrogens is 204 g/mol. The molecule has 1 aliphatic carbocycles. The highest BCUT2D eigenvalue weighted by Gasteiger charge is 2.36. The van der Waals surface area contributed by atoms with E-state index in [0.717, 1.165) is 23.3 Å². The molecule has 3 unspecified atom stereocenters. The van der Waals surface area contributed by atoms with Crippen LogP contribution in [0.15, 0.2) is 0 Å². The van der Waals surface area contributed by atoms with Crippen LogP contribution in [0, 0.1) is 5.92 Å². The third kappa shape index (κ3) is 3.11. The lowest BCUT2D eigenvalue weighted by molar-refractivity contribution is 0.134. The lowest BCUT2D eigenvalue weighted by atomic mass is 10.1. The standard InChI is InChI=1S/C12H24N2S/c1-9-6-13-12(11-4-5-11)8-14(9)7-10(2)15-3/h9-13H,4-8H2,1-3H3. The molecule has 2 rings (SSSR count). The van der Waals surface area contributed by atoms with Crippen LogP contribution in [0.3, 0.4) is 0 Å². The fourth-order valence-electron chi connectivity index (χ4n) is 2.42. The molecule has 3 heteroatoms. The average molecular weight is 228 g/mol. The van der Waals surface area contributed by atoms with Crippen LogP contribution in [0.4, 0.5) is 0 Å². The molecule has 1 heterocycles. The van der Waals surface area contributed by atoms with Gasteiger partial charge in [0.25, 0.3) is 0 Å². The lowest BCUT2D eigenvalue weighted by Gasteiger charge is -2.40. The molecule has 0 bridgehead atoms. The maximum atomic E-state index is 3.70. The summed E-state index contributed by atoms with van der Waals surface area (Å²) in [5.74, 6) is 0.990. The van der Waals surface area contributed by atoms with Crippen molar-refractivity contribution in [2.24, 2.45) is 5.92 Å². The Balaban J connectivity index is 1.84. The van der Waals surface area contributed by atoms with Crippen molar-refractivity contribution in [2.45, 2.75) is 44.0 Å². The van der Waals surface area contributed by atoms with Crippen molar-refractivity contribution in [2.75, 3.05) is 25.9 Å². The van der Waals surface area contributed by atoms with Gasteiger partial charge in [-0.25, -0.2) is 0 Å². The number of nitrogens with zero attached hydrogens (tertiary/aromatic N) is 1. The van der Waals surface area contributed by atoms with E-state index in [9.17, 15) is 0 Å². The van der Waals surface area contributed by atoms with E-state index in [1.54, 1.807) is 0 Å². The Kier molecular flexibility index (Phi) is 3.97. The van der Waals surface area contributed by atoms with E-state index >= 15 is 0 Å². The summed E-state index contributed by atoms with van der Waals surface area (Å²) in [6, 6.07) is 1.50. The molecule has 2 aliphatic rings. The minimum atomic E-state index is 0.717. The highest BCUT2D eigenvalue weighted by molar-refractivity contribution is 7.99. The average Bonchev–Trinajstić information content (AvgIpc) is 3.04. The smallest absolute Gasteiger partial charge is 0.0224 e. The number of hydrogen-bond acceptors (Lipinski definition) is 3. The van der Waals surface area contributed by atoms with Crippen molar-refractivity contribution in [1.29, 1.82) is 0 Å². The molecule has 2 nitrogen and oxygen atoms in total. The highest BCUT2D eigenvalue weighted by Crippen LogP contribution is 2.34. The molecule has 1 saturated heterocycles. The van der Waals surface area contributed by atoms with E-state index in [4.69, 9.17) is 0 Å². The summed E-state index contributed by atoms with van der Waals surface area (Å²) in [6.45, 7) is 8.40. The molecule has 0 aromatic carbocycles. The zero-order chi connectivity index (χ0) is 10.8. The largest absolute Gasteiger partial charge is 0.311 e. The van der Waals surface area contributed by atoms with Crippen LogP contribution in [0.5, 0.6) is 0 Å². The van der Waals surface area contributed by atoms with Gasteiger partial charge in [0.1, 0.15) is 0 Å². The Hall–Kier alpha value is 0.270. The van der Waals surface area contributed by atoms with Crippen LogP contribution in [-0.4, -0.2) is 48.1 Å². The fraction of sp³-hybridized carbons (Fsp3) is 1.00. The Labute approximate surface area is 98.2 Å². The second-order valence-electron chi connectivity index (χ2n) is 5.20. The predicted octanol–water partition coefficient (Wildman–Crippen LogP) is 1.81. The summed E-state index contributed by atoms with van der Waals surface area (Å²) in [7, 11) is 0. The third-order valence-corrected chi connectivity index (χ3v) is 4.77. The summed E-state index contributed by atoms with van der Waals surface area (Å²) in [5.41, 5.74) is 0. The second kappa shape index (κ2) is 5.07. The van der Waals surface area contributed by atoms with E-state index < -0.39 is 0 Å². The summed E-state index contributed by atoms with van der Waals surface area (Å²) in [5, 5.41) is 4.47. The van der Waals surface area contributed by atoms with Crippen molar-refractivity contribution in [1.82, 2.24) is 10.2 Å². The summed E-state index contributed by atoms with van der Waals surface area (Å²) in [6.07, 6.45) is 5.13. The van der Waals surface area contributed by atoms with Gasteiger partial charge in [-0.3, -0.25) is 4.90 Å². The van der Waals surface area contributed by atoms with E-state index in [2.05, 4.69) is 30.3 Å². The first-order valence-corrected chi connectivity index (χ1v) is 7.49. The summed E-state index contributed by atoms with van der Waals surface area (Å²) >= 11 is 1.98. The Morgan fingerprint density at radius 2 is 2.20 bits per heavy atom. The van der Waals surface area contributed by atoms with Crippen molar-refractivity contribution < 1.29 is 0 Å². The molecule has 1 N–H and O–H groups in total. The Bertz CT molecular complexity index is 206. The van der Waals surface area contributed by atoms with Gasteiger partial charge in [0.05, 0.1) is 0 Å². The van der Waals surface area contributed by atoms with Gasteiger partial charge >= 0.3 is 0 Å². The quantitative estimate of drug-likeness (QED) is 0.790. The molecular formula is C12H24N2S. The third-order valence-electron chi connectivity index (χ3n) is 3.82. The van der Waals surface area contributed by atoms with Gasteiger partial charge in [-0.2, -0.15) is 11.8 Å². The SMILES string of the molecule is CSC(C)CN1CC(C2CC2)NCC1C. The molecule has 1 saturated carbocycles. The van der Waals surface area contributed by atoms with Gasteiger partial charge in [0.2, 0.25) is 0 Å². The normalized spacial score (nSPS) is 35.4. The van der Waals surface area contributed by atoms with E-state index in [1.807, 2.05) is 11.8 Å². The molecule has 15 heavy (non-hydrogen) atoms. The van der Waals surface area contributed by atoms with Crippen LogP contribution in [-0.2, 0) is 0 Å². The van der Waals surface area contributed by atoms with Gasteiger partial charge in [-0.1, -0.05) is 6.92 Å². The molecule has 3 atom stereocenters. The summed E-state index contributed by atoms with van der Waals surface area (Å²) in [4.78, 5) is 2.68. The highest BCUT2D eigenvalue weighted by atomic mass is 32.2. The van der Waals surface area contributed by atoms with Crippen LogP contribution in [0.1, 0.15) is 26.7 Å². The molecule has 0 amide bonds. The van der Waals surface area contributed by atoms with Crippen molar-refractivity contribution in [3.8, 4) is 0 Å². The van der Waals surface area contributed by atoms with Gasteiger partial charge in [-0.15, -0.1) is 0 Å². The van der Waals surface area contributed by atoms with Crippen molar-refractivity contribution >= 4 is 11.8 Å². The van der Waals surface area contributed by atoms with E-state index in [-0.39, 0.29) is 0 Å². The Morgan fingerprint density at radius 3 is 2.80 bits per heavy atom. The van der Waals surface area contributed by atoms with Crippen LogP contribution < -0.4 is 5.32 Å². The topological polar surface area (TPSA) is 15.3 Å². The van der Waals surface area contributed by atoms with E-state index in [1.165, 1.54) is 32.5 Å². The molecule has 2 fully saturated rings. The maximum Gasteiger partial charge on any atom is 0.0224 e. The second-order valence-corrected chi connectivity index (χ2v) is 6.48. The minimum absolute atomic E-state index is 0.717. The first-order valence-electron chi connectivity index (χ1n) is 6.21. The predicted molar refractivity (Wildman–Crippen MR) is 68.5 cm³/mol. The molecule has 0 aromatic rings. The lowest BCUT2D eigenvalue weighted by Crippen LogP contribution is -2.57. The van der Waals surface area contributed by atoms with Crippen molar-refractivity contribution in [3.05, 3.63) is 0 Å². The number of nitrogens with one attached hydrogen (secondary N) is 1. The first-order chi connectivity index (χ1) is 7.20. The summed E-state index contributed by atoms with van der Waals surface area (Å²) < 4.78 is 0. The van der Waals surface area contributed by atoms with Gasteiger partial charge in [0, 0.05) is 37.0 Å². The van der Waals surface area contributed by atoms with Crippen LogP contribution >= 0.6 is 11.8 Å². The van der Waals surface area contributed by atoms with Crippen molar-refractivity contribution in [3.63, 3.8) is 0 Å². The molecule has 0 aromatic heterocycles. The molecule has 1 aliphatic heterocycles. The number of hydrogen-bond donors (Lipinski definition) is 1. The van der Waals surface area contributed by atoms with Crippen LogP contribution in [0.2, 0.25) is 0 Å². The minimum Gasteiger partial charge on any atom is -0.311 e.